The van der Waals surface area contributed by atoms with E-state index in [4.69, 9.17) is 10.2 Å². The number of carbonyl (C=O) groups is 3. The van der Waals surface area contributed by atoms with Crippen LogP contribution >= 0.6 is 0 Å². The minimum absolute atomic E-state index is 0.137. The molecular formula is C11H20N2O5. The van der Waals surface area contributed by atoms with Crippen LogP contribution in [0.4, 0.5) is 4.79 Å². The van der Waals surface area contributed by atoms with Gasteiger partial charge in [-0.3, -0.25) is 4.79 Å². The van der Waals surface area contributed by atoms with Crippen molar-refractivity contribution in [2.45, 2.75) is 39.2 Å². The molecule has 2 amide bonds. The molecule has 1 unspecified atom stereocenters. The van der Waals surface area contributed by atoms with Crippen LogP contribution in [0.3, 0.4) is 0 Å². The molecule has 104 valence electrons. The van der Waals surface area contributed by atoms with Gasteiger partial charge in [0.25, 0.3) is 0 Å². The number of rotatable bonds is 8. The molecule has 0 fully saturated rings. The van der Waals surface area contributed by atoms with Gasteiger partial charge in [-0.1, -0.05) is 20.3 Å². The maximum absolute atomic E-state index is 11.4. The number of aliphatic carboxylic acids is 2. The predicted molar refractivity (Wildman–Crippen MR) is 64.3 cm³/mol. The summed E-state index contributed by atoms with van der Waals surface area (Å²) in [7, 11) is 0. The normalized spacial score (nSPS) is 13.4. The Morgan fingerprint density at radius 2 is 1.83 bits per heavy atom. The SMILES string of the molecule is CCC(C)CNC(=O)N[C@@H](CCC(=O)O)C(=O)O. The van der Waals surface area contributed by atoms with E-state index in [0.29, 0.717) is 12.5 Å². The number of hydrogen-bond acceptors (Lipinski definition) is 3. The van der Waals surface area contributed by atoms with Crippen LogP contribution in [0.5, 0.6) is 0 Å². The molecule has 0 aromatic heterocycles. The number of urea groups is 1. The van der Waals surface area contributed by atoms with Crippen LogP contribution in [0.15, 0.2) is 0 Å². The summed E-state index contributed by atoms with van der Waals surface area (Å²) in [4.78, 5) is 32.5. The Bertz CT molecular complexity index is 306. The molecule has 18 heavy (non-hydrogen) atoms. The summed E-state index contributed by atoms with van der Waals surface area (Å²) in [6.45, 7) is 4.39. The first-order valence-corrected chi connectivity index (χ1v) is 5.85. The lowest BCUT2D eigenvalue weighted by atomic mass is 10.1. The van der Waals surface area contributed by atoms with Gasteiger partial charge in [0.1, 0.15) is 6.04 Å². The lowest BCUT2D eigenvalue weighted by Crippen LogP contribution is -2.47. The van der Waals surface area contributed by atoms with Gasteiger partial charge in [0, 0.05) is 13.0 Å². The third-order valence-corrected chi connectivity index (χ3v) is 2.56. The van der Waals surface area contributed by atoms with E-state index in [-0.39, 0.29) is 12.8 Å². The molecule has 0 radical (unpaired) electrons. The largest absolute Gasteiger partial charge is 0.481 e. The number of carboxylic acid groups (broad SMARTS) is 2. The number of nitrogens with one attached hydrogen (secondary N) is 2. The molecule has 0 saturated heterocycles. The zero-order valence-electron chi connectivity index (χ0n) is 10.6. The predicted octanol–water partition coefficient (Wildman–Crippen LogP) is 0.650. The van der Waals surface area contributed by atoms with Gasteiger partial charge in [-0.2, -0.15) is 0 Å². The number of carbonyl (C=O) groups excluding carboxylic acids is 1. The molecule has 0 aliphatic carbocycles. The fraction of sp³-hybridized carbons (Fsp3) is 0.727. The lowest BCUT2D eigenvalue weighted by molar-refractivity contribution is -0.140. The van der Waals surface area contributed by atoms with Crippen LogP contribution in [0.25, 0.3) is 0 Å². The average molecular weight is 260 g/mol. The first kappa shape index (κ1) is 16.2. The zero-order chi connectivity index (χ0) is 14.1. The Morgan fingerprint density at radius 1 is 1.22 bits per heavy atom. The second-order valence-corrected chi connectivity index (χ2v) is 4.19. The molecule has 7 nitrogen and oxygen atoms in total. The molecule has 0 heterocycles. The van der Waals surface area contributed by atoms with Crippen LogP contribution in [-0.2, 0) is 9.59 Å². The highest BCUT2D eigenvalue weighted by molar-refractivity contribution is 5.82. The third kappa shape index (κ3) is 7.48. The van der Waals surface area contributed by atoms with Gasteiger partial charge in [-0.05, 0) is 12.3 Å². The summed E-state index contributed by atoms with van der Waals surface area (Å²) in [6, 6.07) is -1.77. The molecular weight excluding hydrogens is 240 g/mol. The Hall–Kier alpha value is -1.79. The molecule has 0 aliphatic rings. The molecule has 0 aromatic carbocycles. The first-order chi connectivity index (χ1) is 8.36. The Morgan fingerprint density at radius 3 is 2.28 bits per heavy atom. The second kappa shape index (κ2) is 8.32. The Labute approximate surface area is 106 Å². The van der Waals surface area contributed by atoms with Gasteiger partial charge in [-0.15, -0.1) is 0 Å². The van der Waals surface area contributed by atoms with E-state index in [0.717, 1.165) is 6.42 Å². The van der Waals surface area contributed by atoms with Crippen LogP contribution in [-0.4, -0.2) is 40.8 Å². The van der Waals surface area contributed by atoms with Crippen LogP contribution < -0.4 is 10.6 Å². The molecule has 0 bridgehead atoms. The van der Waals surface area contributed by atoms with Crippen molar-refractivity contribution in [3.8, 4) is 0 Å². The maximum Gasteiger partial charge on any atom is 0.326 e. The maximum atomic E-state index is 11.4. The van der Waals surface area contributed by atoms with Crippen molar-refractivity contribution in [1.82, 2.24) is 10.6 Å². The summed E-state index contributed by atoms with van der Waals surface area (Å²) < 4.78 is 0. The van der Waals surface area contributed by atoms with E-state index in [1.54, 1.807) is 0 Å². The molecule has 0 spiro atoms. The van der Waals surface area contributed by atoms with Gasteiger partial charge < -0.3 is 20.8 Å². The standard InChI is InChI=1S/C11H20N2O5/c1-3-7(2)6-12-11(18)13-8(10(16)17)4-5-9(14)15/h7-8H,3-6H2,1-2H3,(H,14,15)(H,16,17)(H2,12,13,18)/t7?,8-/m0/s1. The molecule has 0 rings (SSSR count). The summed E-state index contributed by atoms with van der Waals surface area (Å²) in [5.41, 5.74) is 0. The summed E-state index contributed by atoms with van der Waals surface area (Å²) in [5, 5.41) is 22.1. The first-order valence-electron chi connectivity index (χ1n) is 5.85. The van der Waals surface area contributed by atoms with Crippen molar-refractivity contribution in [1.29, 1.82) is 0 Å². The quantitative estimate of drug-likeness (QED) is 0.511. The fourth-order valence-corrected chi connectivity index (χ4v) is 1.15. The molecule has 0 aromatic rings. The summed E-state index contributed by atoms with van der Waals surface area (Å²) in [6.07, 6.45) is 0.464. The molecule has 7 heteroatoms. The van der Waals surface area contributed by atoms with E-state index in [9.17, 15) is 14.4 Å². The highest BCUT2D eigenvalue weighted by Crippen LogP contribution is 1.99. The number of hydrogen-bond donors (Lipinski definition) is 4. The summed E-state index contributed by atoms with van der Waals surface area (Å²) >= 11 is 0. The van der Waals surface area contributed by atoms with Crippen LogP contribution in [0, 0.1) is 5.92 Å². The average Bonchev–Trinajstić information content (AvgIpc) is 2.30. The smallest absolute Gasteiger partial charge is 0.326 e. The van der Waals surface area contributed by atoms with Gasteiger partial charge in [0.2, 0.25) is 0 Å². The molecule has 4 N–H and O–H groups in total. The fourth-order valence-electron chi connectivity index (χ4n) is 1.15. The van der Waals surface area contributed by atoms with Gasteiger partial charge in [0.15, 0.2) is 0 Å². The van der Waals surface area contributed by atoms with Gasteiger partial charge in [-0.25, -0.2) is 9.59 Å². The Balaban J connectivity index is 4.11. The van der Waals surface area contributed by atoms with Gasteiger partial charge in [0.05, 0.1) is 0 Å². The van der Waals surface area contributed by atoms with Crippen LogP contribution in [0.1, 0.15) is 33.1 Å². The van der Waals surface area contributed by atoms with E-state index in [1.807, 2.05) is 13.8 Å². The number of amides is 2. The zero-order valence-corrected chi connectivity index (χ0v) is 10.6. The minimum Gasteiger partial charge on any atom is -0.481 e. The highest BCUT2D eigenvalue weighted by atomic mass is 16.4. The lowest BCUT2D eigenvalue weighted by Gasteiger charge is -2.15. The van der Waals surface area contributed by atoms with Crippen molar-refractivity contribution < 1.29 is 24.6 Å². The van der Waals surface area contributed by atoms with E-state index >= 15 is 0 Å². The summed E-state index contributed by atoms with van der Waals surface area (Å²) in [5.74, 6) is -2.03. The molecule has 0 saturated carbocycles. The molecule has 2 atom stereocenters. The third-order valence-electron chi connectivity index (χ3n) is 2.56. The van der Waals surface area contributed by atoms with Gasteiger partial charge >= 0.3 is 18.0 Å². The van der Waals surface area contributed by atoms with Crippen molar-refractivity contribution in [2.75, 3.05) is 6.54 Å². The van der Waals surface area contributed by atoms with E-state index in [2.05, 4.69) is 10.6 Å². The monoisotopic (exact) mass is 260 g/mol. The van der Waals surface area contributed by atoms with Crippen molar-refractivity contribution in [2.24, 2.45) is 5.92 Å². The number of carboxylic acids is 2. The van der Waals surface area contributed by atoms with Crippen molar-refractivity contribution in [3.63, 3.8) is 0 Å². The second-order valence-electron chi connectivity index (χ2n) is 4.19. The van der Waals surface area contributed by atoms with Crippen molar-refractivity contribution in [3.05, 3.63) is 0 Å². The highest BCUT2D eigenvalue weighted by Gasteiger charge is 2.20. The van der Waals surface area contributed by atoms with Crippen molar-refractivity contribution >= 4 is 18.0 Å². The molecule has 0 aliphatic heterocycles. The minimum atomic E-state index is -1.24. The van der Waals surface area contributed by atoms with Crippen LogP contribution in [0.2, 0.25) is 0 Å². The van der Waals surface area contributed by atoms with E-state index < -0.39 is 24.0 Å². The topological polar surface area (TPSA) is 116 Å². The van der Waals surface area contributed by atoms with E-state index in [1.165, 1.54) is 0 Å². The Kier molecular flexibility index (Phi) is 7.50.